The average Bonchev–Trinajstić information content (AvgIpc) is 3.34. The Labute approximate surface area is 198 Å². The fourth-order valence-electron chi connectivity index (χ4n) is 3.74. The van der Waals surface area contributed by atoms with E-state index in [0.29, 0.717) is 29.5 Å². The van der Waals surface area contributed by atoms with Crippen molar-refractivity contribution in [1.29, 1.82) is 0 Å². The van der Waals surface area contributed by atoms with E-state index >= 15 is 0 Å². The Morgan fingerprint density at radius 2 is 1.91 bits per heavy atom. The number of aryl methyl sites for hydroxylation is 1. The number of sulfonamides is 1. The van der Waals surface area contributed by atoms with Crippen molar-refractivity contribution >= 4 is 38.9 Å². The first-order valence-corrected chi connectivity index (χ1v) is 12.6. The maximum absolute atomic E-state index is 13.0. The molecule has 1 aliphatic rings. The third kappa shape index (κ3) is 5.38. The number of anilines is 2. The number of nitrogens with one attached hydrogen (secondary N) is 2. The van der Waals surface area contributed by atoms with Gasteiger partial charge in [0.05, 0.1) is 22.2 Å². The summed E-state index contributed by atoms with van der Waals surface area (Å²) in [5, 5.41) is 10.5. The number of carbonyl (C=O) groups is 1. The minimum atomic E-state index is -3.58. The van der Waals surface area contributed by atoms with Gasteiger partial charge in [-0.25, -0.2) is 13.1 Å². The molecular formula is C23H26ClN5O3S. The second kappa shape index (κ2) is 9.94. The number of rotatable bonds is 7. The van der Waals surface area contributed by atoms with Crippen LogP contribution in [-0.2, 0) is 14.8 Å². The highest BCUT2D eigenvalue weighted by atomic mass is 35.5. The molecule has 8 nitrogen and oxygen atoms in total. The number of nitrogens with zero attached hydrogens (tertiary/aromatic N) is 3. The highest BCUT2D eigenvalue weighted by molar-refractivity contribution is 7.89. The van der Waals surface area contributed by atoms with Gasteiger partial charge < -0.3 is 10.6 Å². The van der Waals surface area contributed by atoms with Crippen LogP contribution in [0, 0.1) is 6.92 Å². The van der Waals surface area contributed by atoms with Gasteiger partial charge in [0.15, 0.2) is 0 Å². The lowest BCUT2D eigenvalue weighted by atomic mass is 10.2. The summed E-state index contributed by atoms with van der Waals surface area (Å²) >= 11 is 6.35. The van der Waals surface area contributed by atoms with Crippen LogP contribution in [0.25, 0.3) is 5.69 Å². The monoisotopic (exact) mass is 487 g/mol. The third-order valence-electron chi connectivity index (χ3n) is 5.59. The molecule has 0 unspecified atom stereocenters. The van der Waals surface area contributed by atoms with Gasteiger partial charge in [0.2, 0.25) is 15.9 Å². The lowest BCUT2D eigenvalue weighted by Gasteiger charge is -2.26. The summed E-state index contributed by atoms with van der Waals surface area (Å²) in [5.41, 5.74) is 2.68. The van der Waals surface area contributed by atoms with E-state index in [1.807, 2.05) is 25.1 Å². The van der Waals surface area contributed by atoms with Crippen molar-refractivity contribution in [3.05, 3.63) is 65.4 Å². The maximum Gasteiger partial charge on any atom is 0.243 e. The van der Waals surface area contributed by atoms with Crippen LogP contribution in [0.1, 0.15) is 24.8 Å². The summed E-state index contributed by atoms with van der Waals surface area (Å²) in [6.07, 6.45) is 6.25. The highest BCUT2D eigenvalue weighted by Gasteiger charge is 2.26. The maximum atomic E-state index is 13.0. The van der Waals surface area contributed by atoms with Crippen LogP contribution in [0.4, 0.5) is 11.4 Å². The summed E-state index contributed by atoms with van der Waals surface area (Å²) in [7, 11) is -3.58. The van der Waals surface area contributed by atoms with Crippen LogP contribution < -0.4 is 10.6 Å². The summed E-state index contributed by atoms with van der Waals surface area (Å²) in [4.78, 5) is 12.8. The molecule has 1 amide bonds. The predicted octanol–water partition coefficient (Wildman–Crippen LogP) is 4.06. The van der Waals surface area contributed by atoms with Gasteiger partial charge in [-0.05, 0) is 61.7 Å². The van der Waals surface area contributed by atoms with Gasteiger partial charge in [0, 0.05) is 36.9 Å². The van der Waals surface area contributed by atoms with Gasteiger partial charge >= 0.3 is 0 Å². The Morgan fingerprint density at radius 3 is 2.61 bits per heavy atom. The SMILES string of the molecule is Cc1ccc(S(=O)(=O)N2CCCCC2)cc1NC(=O)CNc1ccc(-n2cccn2)c(Cl)c1. The Kier molecular flexibility index (Phi) is 7.02. The number of halogens is 1. The number of aromatic nitrogens is 2. The van der Waals surface area contributed by atoms with E-state index in [1.165, 1.54) is 10.4 Å². The smallest absolute Gasteiger partial charge is 0.243 e. The molecule has 4 rings (SSSR count). The van der Waals surface area contributed by atoms with Crippen molar-refractivity contribution in [3.63, 3.8) is 0 Å². The van der Waals surface area contributed by atoms with Crippen molar-refractivity contribution in [3.8, 4) is 5.69 Å². The van der Waals surface area contributed by atoms with E-state index in [9.17, 15) is 13.2 Å². The molecule has 0 aliphatic carbocycles. The Balaban J connectivity index is 1.41. The average molecular weight is 488 g/mol. The molecule has 2 heterocycles. The lowest BCUT2D eigenvalue weighted by Crippen LogP contribution is -2.35. The fraction of sp³-hybridized carbons (Fsp3) is 0.304. The first kappa shape index (κ1) is 23.3. The molecule has 2 N–H and O–H groups in total. The molecule has 33 heavy (non-hydrogen) atoms. The molecule has 0 atom stereocenters. The number of piperidine rings is 1. The van der Waals surface area contributed by atoms with Crippen LogP contribution in [0.15, 0.2) is 59.8 Å². The number of carbonyl (C=O) groups excluding carboxylic acids is 1. The Morgan fingerprint density at radius 1 is 1.12 bits per heavy atom. The minimum absolute atomic E-state index is 0.0000119. The minimum Gasteiger partial charge on any atom is -0.376 e. The van der Waals surface area contributed by atoms with Gasteiger partial charge in [-0.1, -0.05) is 24.1 Å². The topological polar surface area (TPSA) is 96.3 Å². The molecule has 1 fully saturated rings. The normalized spacial score (nSPS) is 14.7. The van der Waals surface area contributed by atoms with Gasteiger partial charge in [-0.3, -0.25) is 4.79 Å². The molecule has 0 spiro atoms. The van der Waals surface area contributed by atoms with Gasteiger partial charge in [0.1, 0.15) is 0 Å². The van der Waals surface area contributed by atoms with Crippen molar-refractivity contribution in [2.45, 2.75) is 31.1 Å². The first-order valence-electron chi connectivity index (χ1n) is 10.8. The molecular weight excluding hydrogens is 462 g/mol. The van der Waals surface area contributed by atoms with Crippen LogP contribution >= 0.6 is 11.6 Å². The zero-order chi connectivity index (χ0) is 23.4. The van der Waals surface area contributed by atoms with Crippen LogP contribution in [0.5, 0.6) is 0 Å². The fourth-order valence-corrected chi connectivity index (χ4v) is 5.55. The molecule has 2 aromatic carbocycles. The second-order valence-corrected chi connectivity index (χ2v) is 10.3. The molecule has 174 valence electrons. The lowest BCUT2D eigenvalue weighted by molar-refractivity contribution is -0.114. The van der Waals surface area contributed by atoms with Crippen LogP contribution in [0.3, 0.4) is 0 Å². The molecule has 0 radical (unpaired) electrons. The van der Waals surface area contributed by atoms with E-state index in [1.54, 1.807) is 35.3 Å². The van der Waals surface area contributed by atoms with Crippen molar-refractivity contribution in [1.82, 2.24) is 14.1 Å². The van der Waals surface area contributed by atoms with E-state index < -0.39 is 10.0 Å². The molecule has 1 saturated heterocycles. The van der Waals surface area contributed by atoms with Gasteiger partial charge in [-0.15, -0.1) is 0 Å². The quantitative estimate of drug-likeness (QED) is 0.524. The first-order chi connectivity index (χ1) is 15.8. The van der Waals surface area contributed by atoms with E-state index in [4.69, 9.17) is 11.6 Å². The molecule has 1 aliphatic heterocycles. The predicted molar refractivity (Wildman–Crippen MR) is 129 cm³/mol. The van der Waals surface area contributed by atoms with Gasteiger partial charge in [-0.2, -0.15) is 9.40 Å². The van der Waals surface area contributed by atoms with E-state index in [2.05, 4.69) is 15.7 Å². The van der Waals surface area contributed by atoms with Crippen LogP contribution in [0.2, 0.25) is 5.02 Å². The standard InChI is InChI=1S/C23H26ClN5O3S/c1-17-6-8-19(33(31,32)28-11-3-2-4-12-28)15-21(17)27-23(30)16-25-18-7-9-22(20(24)14-18)29-13-5-10-26-29/h5-10,13-15,25H,2-4,11-12,16H2,1H3,(H,27,30). The Bertz CT molecular complexity index is 1240. The van der Waals surface area contributed by atoms with Crippen LogP contribution in [-0.4, -0.2) is 48.0 Å². The third-order valence-corrected chi connectivity index (χ3v) is 7.79. The second-order valence-electron chi connectivity index (χ2n) is 7.96. The molecule has 1 aromatic heterocycles. The molecule has 10 heteroatoms. The van der Waals surface area contributed by atoms with E-state index in [-0.39, 0.29) is 17.3 Å². The zero-order valence-electron chi connectivity index (χ0n) is 18.3. The Hall–Kier alpha value is -2.88. The number of benzene rings is 2. The highest BCUT2D eigenvalue weighted by Crippen LogP contribution is 2.26. The number of hydrogen-bond acceptors (Lipinski definition) is 5. The molecule has 0 saturated carbocycles. The largest absolute Gasteiger partial charge is 0.376 e. The van der Waals surface area contributed by atoms with Crippen molar-refractivity contribution < 1.29 is 13.2 Å². The summed E-state index contributed by atoms with van der Waals surface area (Å²) in [6.45, 7) is 2.89. The van der Waals surface area contributed by atoms with Crippen molar-refractivity contribution in [2.75, 3.05) is 30.3 Å². The molecule has 3 aromatic rings. The summed E-state index contributed by atoms with van der Waals surface area (Å²) < 4.78 is 29.1. The number of hydrogen-bond donors (Lipinski definition) is 2. The summed E-state index contributed by atoms with van der Waals surface area (Å²) in [6, 6.07) is 12.0. The zero-order valence-corrected chi connectivity index (χ0v) is 19.9. The molecule has 0 bridgehead atoms. The van der Waals surface area contributed by atoms with Gasteiger partial charge in [0.25, 0.3) is 0 Å². The van der Waals surface area contributed by atoms with E-state index in [0.717, 1.165) is 30.5 Å². The van der Waals surface area contributed by atoms with Crippen molar-refractivity contribution in [2.24, 2.45) is 0 Å². The summed E-state index contributed by atoms with van der Waals surface area (Å²) in [5.74, 6) is -0.294. The number of amides is 1.